The van der Waals surface area contributed by atoms with E-state index in [-0.39, 0.29) is 5.56 Å². The van der Waals surface area contributed by atoms with Crippen LogP contribution in [-0.4, -0.2) is 23.2 Å². The fourth-order valence-corrected chi connectivity index (χ4v) is 3.59. The largest absolute Gasteiger partial charge is 0.493 e. The number of aromatic carboxylic acids is 1. The van der Waals surface area contributed by atoms with Crippen molar-refractivity contribution in [2.45, 2.75) is 0 Å². The molecule has 0 aliphatic heterocycles. The predicted molar refractivity (Wildman–Crippen MR) is 103 cm³/mol. The number of nitrogens with zero attached hydrogens (tertiary/aromatic N) is 1. The van der Waals surface area contributed by atoms with Crippen LogP contribution >= 0.6 is 11.3 Å². The van der Waals surface area contributed by atoms with Gasteiger partial charge in [0, 0.05) is 16.3 Å². The summed E-state index contributed by atoms with van der Waals surface area (Å²) in [5.41, 5.74) is 1.56. The average Bonchev–Trinajstić information content (AvgIpc) is 3.17. The Kier molecular flexibility index (Phi) is 4.21. The minimum absolute atomic E-state index is 0.182. The standard InChI is InChI=1S/C20H13NO5S/c1-25-16-7-3-4-11-9-14(20(24)26-17(11)16)15-10-27-18(21-15)12-5-2-6-13(8-12)19(22)23/h2-10H,1H3,(H,22,23). The van der Waals surface area contributed by atoms with Crippen molar-refractivity contribution >= 4 is 28.3 Å². The lowest BCUT2D eigenvalue weighted by Gasteiger charge is -2.04. The van der Waals surface area contributed by atoms with Crippen LogP contribution in [0, 0.1) is 0 Å². The highest BCUT2D eigenvalue weighted by molar-refractivity contribution is 7.13. The van der Waals surface area contributed by atoms with Gasteiger partial charge in [-0.2, -0.15) is 0 Å². The second kappa shape index (κ2) is 6.69. The molecular formula is C20H13NO5S. The molecule has 0 radical (unpaired) electrons. The van der Waals surface area contributed by atoms with Gasteiger partial charge in [0.05, 0.1) is 23.9 Å². The van der Waals surface area contributed by atoms with Gasteiger partial charge in [0.25, 0.3) is 0 Å². The van der Waals surface area contributed by atoms with Crippen LogP contribution in [0.25, 0.3) is 32.8 Å². The zero-order valence-corrected chi connectivity index (χ0v) is 14.9. The van der Waals surface area contributed by atoms with Gasteiger partial charge in [-0.3, -0.25) is 0 Å². The fraction of sp³-hybridized carbons (Fsp3) is 0.0500. The number of ether oxygens (including phenoxy) is 1. The first-order chi connectivity index (χ1) is 13.1. The second-order valence-electron chi connectivity index (χ2n) is 5.75. The molecular weight excluding hydrogens is 366 g/mol. The number of aromatic nitrogens is 1. The lowest BCUT2D eigenvalue weighted by atomic mass is 10.1. The quantitative estimate of drug-likeness (QED) is 0.532. The van der Waals surface area contributed by atoms with E-state index in [1.54, 1.807) is 35.7 Å². The number of fused-ring (bicyclic) bond motifs is 1. The minimum atomic E-state index is -1.00. The Hall–Kier alpha value is -3.45. The molecule has 27 heavy (non-hydrogen) atoms. The summed E-state index contributed by atoms with van der Waals surface area (Å²) in [6, 6.07) is 13.6. The van der Waals surface area contributed by atoms with Crippen molar-refractivity contribution in [1.82, 2.24) is 4.98 Å². The first kappa shape index (κ1) is 17.0. The highest BCUT2D eigenvalue weighted by Gasteiger charge is 2.15. The topological polar surface area (TPSA) is 89.6 Å². The zero-order valence-electron chi connectivity index (χ0n) is 14.1. The molecule has 0 saturated carbocycles. The Morgan fingerprint density at radius 3 is 2.78 bits per heavy atom. The van der Waals surface area contributed by atoms with Crippen molar-refractivity contribution < 1.29 is 19.1 Å². The van der Waals surface area contributed by atoms with Crippen LogP contribution in [0.2, 0.25) is 0 Å². The monoisotopic (exact) mass is 379 g/mol. The van der Waals surface area contributed by atoms with Crippen LogP contribution in [0.1, 0.15) is 10.4 Å². The zero-order chi connectivity index (χ0) is 19.0. The van der Waals surface area contributed by atoms with Crippen LogP contribution in [0.5, 0.6) is 5.75 Å². The first-order valence-electron chi connectivity index (χ1n) is 7.97. The molecule has 0 aliphatic carbocycles. The summed E-state index contributed by atoms with van der Waals surface area (Å²) < 4.78 is 10.7. The number of benzene rings is 2. The number of rotatable bonds is 4. The molecule has 0 saturated heterocycles. The number of para-hydroxylation sites is 1. The SMILES string of the molecule is COc1cccc2cc(-c3csc(-c4cccc(C(=O)O)c4)n3)c(=O)oc12. The van der Waals surface area contributed by atoms with Crippen molar-refractivity contribution in [3.05, 3.63) is 69.9 Å². The van der Waals surface area contributed by atoms with Crippen LogP contribution in [-0.2, 0) is 0 Å². The van der Waals surface area contributed by atoms with E-state index in [2.05, 4.69) is 4.98 Å². The molecule has 1 N–H and O–H groups in total. The molecule has 4 aromatic rings. The maximum absolute atomic E-state index is 12.5. The second-order valence-corrected chi connectivity index (χ2v) is 6.61. The molecule has 2 aromatic carbocycles. The Bertz CT molecular complexity index is 1220. The van der Waals surface area contributed by atoms with E-state index in [0.717, 1.165) is 5.39 Å². The number of methoxy groups -OCH3 is 1. The summed E-state index contributed by atoms with van der Waals surface area (Å²) >= 11 is 1.33. The lowest BCUT2D eigenvalue weighted by Crippen LogP contribution is -2.03. The smallest absolute Gasteiger partial charge is 0.345 e. The van der Waals surface area contributed by atoms with Crippen LogP contribution < -0.4 is 10.4 Å². The number of hydrogen-bond donors (Lipinski definition) is 1. The maximum Gasteiger partial charge on any atom is 0.345 e. The highest BCUT2D eigenvalue weighted by atomic mass is 32.1. The summed E-state index contributed by atoms with van der Waals surface area (Å²) in [5.74, 6) is -0.515. The molecule has 2 aromatic heterocycles. The number of carboxylic acid groups (broad SMARTS) is 1. The first-order valence-corrected chi connectivity index (χ1v) is 8.85. The van der Waals surface area contributed by atoms with Crippen LogP contribution in [0.4, 0.5) is 0 Å². The van der Waals surface area contributed by atoms with E-state index < -0.39 is 11.6 Å². The molecule has 0 aliphatic rings. The normalized spacial score (nSPS) is 10.9. The summed E-state index contributed by atoms with van der Waals surface area (Å²) in [4.78, 5) is 28.1. The van der Waals surface area contributed by atoms with Gasteiger partial charge in [-0.25, -0.2) is 14.6 Å². The third kappa shape index (κ3) is 3.09. The Morgan fingerprint density at radius 1 is 1.19 bits per heavy atom. The van der Waals surface area contributed by atoms with Crippen molar-refractivity contribution in [2.75, 3.05) is 7.11 Å². The van der Waals surface area contributed by atoms with E-state index >= 15 is 0 Å². The molecule has 134 valence electrons. The molecule has 2 heterocycles. The van der Waals surface area contributed by atoms with Crippen LogP contribution in [0.15, 0.2) is 63.1 Å². The molecule has 0 amide bonds. The summed E-state index contributed by atoms with van der Waals surface area (Å²) in [6.45, 7) is 0. The molecule has 4 rings (SSSR count). The van der Waals surface area contributed by atoms with Gasteiger partial charge in [0.1, 0.15) is 5.01 Å². The summed E-state index contributed by atoms with van der Waals surface area (Å²) in [5, 5.41) is 12.2. The number of carbonyl (C=O) groups is 1. The van der Waals surface area contributed by atoms with Gasteiger partial charge in [-0.1, -0.05) is 24.3 Å². The molecule has 0 fully saturated rings. The number of thiazole rings is 1. The summed E-state index contributed by atoms with van der Waals surface area (Å²) in [6.07, 6.45) is 0. The van der Waals surface area contributed by atoms with Gasteiger partial charge in [-0.05, 0) is 24.3 Å². The molecule has 7 heteroatoms. The van der Waals surface area contributed by atoms with Gasteiger partial charge in [-0.15, -0.1) is 11.3 Å². The van der Waals surface area contributed by atoms with Gasteiger partial charge in [0.2, 0.25) is 0 Å². The lowest BCUT2D eigenvalue weighted by molar-refractivity contribution is 0.0697. The third-order valence-corrected chi connectivity index (χ3v) is 4.97. The van der Waals surface area contributed by atoms with Crippen molar-refractivity contribution in [3.8, 4) is 27.6 Å². The molecule has 0 unspecified atom stereocenters. The summed E-state index contributed by atoms with van der Waals surface area (Å²) in [7, 11) is 1.51. The Morgan fingerprint density at radius 2 is 2.00 bits per heavy atom. The van der Waals surface area contributed by atoms with Crippen molar-refractivity contribution in [1.29, 1.82) is 0 Å². The number of hydrogen-bond acceptors (Lipinski definition) is 6. The Balaban J connectivity index is 1.80. The predicted octanol–water partition coefficient (Wildman–Crippen LogP) is 4.29. The van der Waals surface area contributed by atoms with Crippen LogP contribution in [0.3, 0.4) is 0 Å². The Labute approximate surface area is 157 Å². The molecule has 0 bridgehead atoms. The highest BCUT2D eigenvalue weighted by Crippen LogP contribution is 2.31. The molecule has 0 spiro atoms. The molecule has 6 nitrogen and oxygen atoms in total. The maximum atomic E-state index is 12.5. The average molecular weight is 379 g/mol. The van der Waals surface area contributed by atoms with Gasteiger partial charge >= 0.3 is 11.6 Å². The van der Waals surface area contributed by atoms with E-state index in [4.69, 9.17) is 14.3 Å². The van der Waals surface area contributed by atoms with Crippen molar-refractivity contribution in [2.24, 2.45) is 0 Å². The fourth-order valence-electron chi connectivity index (χ4n) is 2.77. The van der Waals surface area contributed by atoms with E-state index in [1.807, 2.05) is 12.1 Å². The van der Waals surface area contributed by atoms with Crippen molar-refractivity contribution in [3.63, 3.8) is 0 Å². The third-order valence-electron chi connectivity index (χ3n) is 4.08. The number of carboxylic acids is 1. The van der Waals surface area contributed by atoms with E-state index in [0.29, 0.717) is 33.2 Å². The van der Waals surface area contributed by atoms with Gasteiger partial charge < -0.3 is 14.3 Å². The molecule has 0 atom stereocenters. The minimum Gasteiger partial charge on any atom is -0.493 e. The van der Waals surface area contributed by atoms with Gasteiger partial charge in [0.15, 0.2) is 11.3 Å². The van der Waals surface area contributed by atoms with E-state index in [1.165, 1.54) is 24.5 Å². The van der Waals surface area contributed by atoms with E-state index in [9.17, 15) is 9.59 Å².